The van der Waals surface area contributed by atoms with Crippen LogP contribution in [-0.2, 0) is 9.53 Å². The highest BCUT2D eigenvalue weighted by molar-refractivity contribution is 5.79. The summed E-state index contributed by atoms with van der Waals surface area (Å²) in [6.07, 6.45) is -5.59. The number of carbonyl (C=O) groups excluding carboxylic acids is 1. The molecule has 0 spiro atoms. The van der Waals surface area contributed by atoms with E-state index in [1.165, 1.54) is 0 Å². The lowest BCUT2D eigenvalue weighted by Crippen LogP contribution is -2.47. The molecular formula is C14H16F3NO2. The van der Waals surface area contributed by atoms with Gasteiger partial charge in [-0.25, -0.2) is 0 Å². The number of carbonyl (C=O) groups is 1. The van der Waals surface area contributed by atoms with Crippen LogP contribution in [0.1, 0.15) is 25.0 Å². The molecule has 0 saturated carbocycles. The fraction of sp³-hybridized carbons (Fsp3) is 0.500. The first kappa shape index (κ1) is 14.8. The Bertz CT molecular complexity index is 467. The Morgan fingerprint density at radius 3 is 2.50 bits per heavy atom. The van der Waals surface area contributed by atoms with Crippen molar-refractivity contribution in [2.24, 2.45) is 5.41 Å². The van der Waals surface area contributed by atoms with Crippen molar-refractivity contribution in [3.63, 3.8) is 0 Å². The van der Waals surface area contributed by atoms with Gasteiger partial charge in [0, 0.05) is 6.54 Å². The maximum Gasteiger partial charge on any atom is 0.406 e. The van der Waals surface area contributed by atoms with Crippen molar-refractivity contribution >= 4 is 5.97 Å². The van der Waals surface area contributed by atoms with E-state index >= 15 is 0 Å². The number of ether oxygens (including phenoxy) is 1. The van der Waals surface area contributed by atoms with Gasteiger partial charge in [0.05, 0.1) is 0 Å². The van der Waals surface area contributed by atoms with Gasteiger partial charge in [-0.1, -0.05) is 30.3 Å². The zero-order valence-corrected chi connectivity index (χ0v) is 11.0. The van der Waals surface area contributed by atoms with Gasteiger partial charge in [-0.2, -0.15) is 13.2 Å². The van der Waals surface area contributed by atoms with E-state index in [0.717, 1.165) is 0 Å². The minimum absolute atomic E-state index is 0.161. The van der Waals surface area contributed by atoms with Crippen LogP contribution in [0.2, 0.25) is 0 Å². The van der Waals surface area contributed by atoms with Crippen molar-refractivity contribution in [1.82, 2.24) is 5.32 Å². The smallest absolute Gasteiger partial charge is 0.406 e. The highest BCUT2D eigenvalue weighted by Gasteiger charge is 2.62. The van der Waals surface area contributed by atoms with Crippen LogP contribution in [0.3, 0.4) is 0 Å². The lowest BCUT2D eigenvalue weighted by molar-refractivity contribution is -0.231. The molecule has 0 amide bonds. The third-order valence-corrected chi connectivity index (χ3v) is 3.64. The first-order valence-corrected chi connectivity index (χ1v) is 6.40. The predicted molar refractivity (Wildman–Crippen MR) is 66.9 cm³/mol. The Balaban J connectivity index is 2.14. The van der Waals surface area contributed by atoms with Crippen molar-refractivity contribution in [3.05, 3.63) is 35.9 Å². The standard InChI is InChI=1S/C14H16F3NO2/c1-10(11-5-3-2-4-6-11)20-12(19)13(14(15,16)17)7-8-18-9-13/h2-6,10,18H,7-9H2,1H3. The molecule has 0 aromatic heterocycles. The molecule has 1 heterocycles. The van der Waals surface area contributed by atoms with E-state index in [1.54, 1.807) is 37.3 Å². The molecule has 2 unspecified atom stereocenters. The molecule has 1 aliphatic heterocycles. The SMILES string of the molecule is CC(OC(=O)C1(C(F)(F)F)CCNC1)c1ccccc1. The number of hydrogen-bond acceptors (Lipinski definition) is 3. The summed E-state index contributed by atoms with van der Waals surface area (Å²) in [6, 6.07) is 8.71. The Morgan fingerprint density at radius 2 is 2.00 bits per heavy atom. The minimum atomic E-state index is -4.61. The third kappa shape index (κ3) is 2.65. The van der Waals surface area contributed by atoms with Gasteiger partial charge in [-0.15, -0.1) is 0 Å². The highest BCUT2D eigenvalue weighted by atomic mass is 19.4. The van der Waals surface area contributed by atoms with Gasteiger partial charge in [0.25, 0.3) is 0 Å². The monoisotopic (exact) mass is 287 g/mol. The summed E-state index contributed by atoms with van der Waals surface area (Å²) in [6.45, 7) is 1.31. The van der Waals surface area contributed by atoms with Crippen LogP contribution in [0.25, 0.3) is 0 Å². The van der Waals surface area contributed by atoms with E-state index in [-0.39, 0.29) is 13.0 Å². The average Bonchev–Trinajstić information content (AvgIpc) is 2.90. The van der Waals surface area contributed by atoms with Crippen LogP contribution in [0, 0.1) is 5.41 Å². The summed E-state index contributed by atoms with van der Waals surface area (Å²) >= 11 is 0. The minimum Gasteiger partial charge on any atom is -0.457 e. The molecule has 1 saturated heterocycles. The van der Waals surface area contributed by atoms with Crippen molar-refractivity contribution in [2.45, 2.75) is 25.6 Å². The Morgan fingerprint density at radius 1 is 1.35 bits per heavy atom. The van der Waals surface area contributed by atoms with Crippen molar-refractivity contribution in [1.29, 1.82) is 0 Å². The van der Waals surface area contributed by atoms with Crippen LogP contribution < -0.4 is 5.32 Å². The van der Waals surface area contributed by atoms with Gasteiger partial charge >= 0.3 is 12.1 Å². The molecule has 2 rings (SSSR count). The van der Waals surface area contributed by atoms with Crippen LogP contribution in [-0.4, -0.2) is 25.2 Å². The van der Waals surface area contributed by atoms with Gasteiger partial charge in [0.15, 0.2) is 5.41 Å². The average molecular weight is 287 g/mol. The van der Waals surface area contributed by atoms with Crippen molar-refractivity contribution in [3.8, 4) is 0 Å². The molecule has 1 N–H and O–H groups in total. The van der Waals surface area contributed by atoms with Crippen LogP contribution >= 0.6 is 0 Å². The van der Waals surface area contributed by atoms with Crippen LogP contribution in [0.5, 0.6) is 0 Å². The highest BCUT2D eigenvalue weighted by Crippen LogP contribution is 2.44. The molecule has 1 aromatic rings. The molecule has 3 nitrogen and oxygen atoms in total. The Hall–Kier alpha value is -1.56. The summed E-state index contributed by atoms with van der Waals surface area (Å²) in [5, 5.41) is 2.59. The third-order valence-electron chi connectivity index (χ3n) is 3.64. The van der Waals surface area contributed by atoms with E-state index in [1.807, 2.05) is 0 Å². The molecule has 0 aliphatic carbocycles. The number of esters is 1. The summed E-state index contributed by atoms with van der Waals surface area (Å²) in [5.41, 5.74) is -1.75. The fourth-order valence-electron chi connectivity index (χ4n) is 2.29. The molecule has 20 heavy (non-hydrogen) atoms. The first-order valence-electron chi connectivity index (χ1n) is 6.40. The van der Waals surface area contributed by atoms with E-state index in [9.17, 15) is 18.0 Å². The molecular weight excluding hydrogens is 271 g/mol. The molecule has 1 fully saturated rings. The normalized spacial score (nSPS) is 24.4. The quantitative estimate of drug-likeness (QED) is 0.869. The summed E-state index contributed by atoms with van der Waals surface area (Å²) in [5.74, 6) is -1.20. The van der Waals surface area contributed by atoms with Crippen molar-refractivity contribution in [2.75, 3.05) is 13.1 Å². The number of nitrogens with one attached hydrogen (secondary N) is 1. The summed E-state index contributed by atoms with van der Waals surface area (Å²) in [7, 11) is 0. The Kier molecular flexibility index (Phi) is 4.04. The number of alkyl halides is 3. The van der Waals surface area contributed by atoms with Crippen molar-refractivity contribution < 1.29 is 22.7 Å². The zero-order chi connectivity index (χ0) is 14.8. The molecule has 0 radical (unpaired) electrons. The number of hydrogen-bond donors (Lipinski definition) is 1. The molecule has 110 valence electrons. The van der Waals surface area contributed by atoms with Gasteiger partial charge in [0.1, 0.15) is 6.10 Å². The second-order valence-electron chi connectivity index (χ2n) is 4.96. The van der Waals surface area contributed by atoms with Gasteiger partial charge < -0.3 is 10.1 Å². The second-order valence-corrected chi connectivity index (χ2v) is 4.96. The molecule has 0 bridgehead atoms. The van der Waals surface area contributed by atoms with E-state index in [0.29, 0.717) is 5.56 Å². The lowest BCUT2D eigenvalue weighted by atomic mass is 9.86. The first-order chi connectivity index (χ1) is 9.37. The molecule has 1 aromatic carbocycles. The second kappa shape index (κ2) is 5.44. The topological polar surface area (TPSA) is 38.3 Å². The van der Waals surface area contributed by atoms with E-state index in [2.05, 4.69) is 5.32 Å². The fourth-order valence-corrected chi connectivity index (χ4v) is 2.29. The van der Waals surface area contributed by atoms with E-state index in [4.69, 9.17) is 4.74 Å². The van der Waals surface area contributed by atoms with Gasteiger partial charge in [-0.3, -0.25) is 4.79 Å². The number of rotatable bonds is 3. The maximum atomic E-state index is 13.2. The lowest BCUT2D eigenvalue weighted by Gasteiger charge is -2.29. The van der Waals surface area contributed by atoms with Crippen LogP contribution in [0.15, 0.2) is 30.3 Å². The van der Waals surface area contributed by atoms with Gasteiger partial charge in [0.2, 0.25) is 0 Å². The number of benzene rings is 1. The summed E-state index contributed by atoms with van der Waals surface area (Å²) < 4.78 is 44.6. The molecule has 1 aliphatic rings. The zero-order valence-electron chi connectivity index (χ0n) is 11.0. The molecule has 6 heteroatoms. The van der Waals surface area contributed by atoms with Gasteiger partial charge in [-0.05, 0) is 25.5 Å². The number of halogens is 3. The predicted octanol–water partition coefficient (Wildman–Crippen LogP) is 2.83. The maximum absolute atomic E-state index is 13.2. The largest absolute Gasteiger partial charge is 0.457 e. The Labute approximate surface area is 115 Å². The molecule has 2 atom stereocenters. The van der Waals surface area contributed by atoms with E-state index < -0.39 is 30.2 Å². The van der Waals surface area contributed by atoms with Crippen LogP contribution in [0.4, 0.5) is 13.2 Å². The summed E-state index contributed by atoms with van der Waals surface area (Å²) in [4.78, 5) is 12.0.